The number of aryl methyl sites for hydroxylation is 1. The topological polar surface area (TPSA) is 114 Å². The summed E-state index contributed by atoms with van der Waals surface area (Å²) in [6, 6.07) is 5.34. The van der Waals surface area contributed by atoms with Crippen molar-refractivity contribution in [3.8, 4) is 6.07 Å². The van der Waals surface area contributed by atoms with Crippen molar-refractivity contribution < 1.29 is 9.53 Å². The van der Waals surface area contributed by atoms with E-state index in [1.165, 1.54) is 10.5 Å². The minimum atomic E-state index is -0.885. The Balaban J connectivity index is 2.32. The average molecular weight is 339 g/mol. The fourth-order valence-corrected chi connectivity index (χ4v) is 2.75. The number of carbonyl (C=O) groups excluding carboxylic acids is 1. The second-order valence-electron chi connectivity index (χ2n) is 5.67. The average Bonchev–Trinajstić information content (AvgIpc) is 2.62. The van der Waals surface area contributed by atoms with Crippen molar-refractivity contribution in [2.75, 3.05) is 31.2 Å². The molecule has 0 atom stereocenters. The van der Waals surface area contributed by atoms with Crippen LogP contribution in [0.4, 0.5) is 5.82 Å². The predicted octanol–water partition coefficient (Wildman–Crippen LogP) is 0.232. The van der Waals surface area contributed by atoms with Gasteiger partial charge in [-0.25, -0.2) is 4.98 Å². The molecular formula is C17H17N5O3. The van der Waals surface area contributed by atoms with Crippen molar-refractivity contribution >= 4 is 23.4 Å². The Morgan fingerprint density at radius 3 is 2.80 bits per heavy atom. The maximum atomic E-state index is 13.0. The predicted molar refractivity (Wildman–Crippen MR) is 92.0 cm³/mol. The molecule has 3 rings (SSSR count). The number of anilines is 1. The van der Waals surface area contributed by atoms with Gasteiger partial charge in [0.1, 0.15) is 23.1 Å². The molecule has 0 aromatic carbocycles. The highest BCUT2D eigenvalue weighted by Gasteiger charge is 2.21. The van der Waals surface area contributed by atoms with Crippen molar-refractivity contribution in [2.24, 2.45) is 5.73 Å². The Bertz CT molecular complexity index is 965. The van der Waals surface area contributed by atoms with E-state index in [0.29, 0.717) is 37.8 Å². The molecule has 2 aromatic rings. The van der Waals surface area contributed by atoms with E-state index in [0.717, 1.165) is 5.56 Å². The normalized spacial score (nSPS) is 15.2. The maximum Gasteiger partial charge on any atom is 0.267 e. The first-order valence-electron chi connectivity index (χ1n) is 7.79. The van der Waals surface area contributed by atoms with Gasteiger partial charge in [-0.2, -0.15) is 5.26 Å². The Morgan fingerprint density at radius 2 is 2.16 bits per heavy atom. The Hall–Kier alpha value is -3.18. The number of nitriles is 1. The number of amides is 1. The molecule has 1 amide bonds. The van der Waals surface area contributed by atoms with Gasteiger partial charge in [0.15, 0.2) is 0 Å². The molecule has 1 aliphatic rings. The Kier molecular flexibility index (Phi) is 4.50. The lowest BCUT2D eigenvalue weighted by Crippen LogP contribution is -2.38. The molecule has 0 saturated carbocycles. The quantitative estimate of drug-likeness (QED) is 0.632. The Morgan fingerprint density at radius 1 is 1.44 bits per heavy atom. The number of carbonyl (C=O) groups is 1. The second-order valence-corrected chi connectivity index (χ2v) is 5.67. The lowest BCUT2D eigenvalue weighted by atomic mass is 10.1. The largest absolute Gasteiger partial charge is 0.378 e. The second kappa shape index (κ2) is 6.75. The number of fused-ring (bicyclic) bond motifs is 1. The van der Waals surface area contributed by atoms with Crippen LogP contribution in [-0.4, -0.2) is 41.6 Å². The van der Waals surface area contributed by atoms with Gasteiger partial charge in [-0.3, -0.25) is 14.0 Å². The molecular weight excluding hydrogens is 322 g/mol. The fourth-order valence-electron chi connectivity index (χ4n) is 2.75. The molecule has 2 aromatic heterocycles. The van der Waals surface area contributed by atoms with Gasteiger partial charge in [0.05, 0.1) is 18.8 Å². The van der Waals surface area contributed by atoms with Crippen LogP contribution < -0.4 is 16.2 Å². The van der Waals surface area contributed by atoms with Crippen LogP contribution in [0.3, 0.4) is 0 Å². The standard InChI is InChI=1S/C17H17N5O3/c1-11-3-2-4-22-15(11)20-16(21-5-7-25-8-6-21)13(17(22)24)9-12(10-18)14(19)23/h2-4,9H,5-8H2,1H3,(H2,19,23)/b12-9+. The van der Waals surface area contributed by atoms with E-state index >= 15 is 0 Å². The van der Waals surface area contributed by atoms with E-state index in [-0.39, 0.29) is 16.7 Å². The number of hydrogen-bond donors (Lipinski definition) is 1. The van der Waals surface area contributed by atoms with Crippen molar-refractivity contribution in [3.05, 3.63) is 45.4 Å². The summed E-state index contributed by atoms with van der Waals surface area (Å²) in [6.07, 6.45) is 2.83. The highest BCUT2D eigenvalue weighted by molar-refractivity contribution is 6.01. The zero-order valence-corrected chi connectivity index (χ0v) is 13.7. The van der Waals surface area contributed by atoms with Crippen LogP contribution in [0.15, 0.2) is 28.7 Å². The molecule has 8 nitrogen and oxygen atoms in total. The third-order valence-electron chi connectivity index (χ3n) is 4.05. The number of aromatic nitrogens is 2. The zero-order chi connectivity index (χ0) is 18.0. The van der Waals surface area contributed by atoms with Crippen LogP contribution in [-0.2, 0) is 9.53 Å². The summed E-state index contributed by atoms with van der Waals surface area (Å²) in [5.41, 5.74) is 6.12. The summed E-state index contributed by atoms with van der Waals surface area (Å²) in [6.45, 7) is 4.02. The third-order valence-corrected chi connectivity index (χ3v) is 4.05. The number of ether oxygens (including phenoxy) is 1. The van der Waals surface area contributed by atoms with Crippen molar-refractivity contribution in [1.29, 1.82) is 5.26 Å². The smallest absolute Gasteiger partial charge is 0.267 e. The molecule has 8 heteroatoms. The molecule has 0 radical (unpaired) electrons. The molecule has 1 saturated heterocycles. The SMILES string of the molecule is Cc1cccn2c(=O)c(/C=C(\C#N)C(N)=O)c(N3CCOCC3)nc12. The maximum absolute atomic E-state index is 13.0. The summed E-state index contributed by atoms with van der Waals surface area (Å²) in [4.78, 5) is 30.9. The van der Waals surface area contributed by atoms with Gasteiger partial charge < -0.3 is 15.4 Å². The van der Waals surface area contributed by atoms with Gasteiger partial charge in [0, 0.05) is 19.3 Å². The van der Waals surface area contributed by atoms with Gasteiger partial charge in [-0.1, -0.05) is 6.07 Å². The van der Waals surface area contributed by atoms with E-state index in [4.69, 9.17) is 15.7 Å². The molecule has 1 fully saturated rings. The third kappa shape index (κ3) is 3.09. The van der Waals surface area contributed by atoms with Crippen LogP contribution in [0.25, 0.3) is 11.7 Å². The minimum absolute atomic E-state index is 0.167. The first kappa shape index (κ1) is 16.7. The number of primary amides is 1. The van der Waals surface area contributed by atoms with Crippen molar-refractivity contribution in [1.82, 2.24) is 9.38 Å². The fraction of sp³-hybridized carbons (Fsp3) is 0.294. The first-order chi connectivity index (χ1) is 12.0. The first-order valence-corrected chi connectivity index (χ1v) is 7.79. The minimum Gasteiger partial charge on any atom is -0.378 e. The van der Waals surface area contributed by atoms with Gasteiger partial charge in [-0.05, 0) is 24.6 Å². The number of nitrogens with zero attached hydrogens (tertiary/aromatic N) is 4. The van der Waals surface area contributed by atoms with Crippen LogP contribution in [0.2, 0.25) is 0 Å². The number of hydrogen-bond acceptors (Lipinski definition) is 6. The van der Waals surface area contributed by atoms with E-state index in [1.807, 2.05) is 17.9 Å². The molecule has 1 aliphatic heterocycles. The summed E-state index contributed by atoms with van der Waals surface area (Å²) >= 11 is 0. The highest BCUT2D eigenvalue weighted by atomic mass is 16.5. The molecule has 25 heavy (non-hydrogen) atoms. The zero-order valence-electron chi connectivity index (χ0n) is 13.7. The molecule has 0 unspecified atom stereocenters. The lowest BCUT2D eigenvalue weighted by Gasteiger charge is -2.29. The van der Waals surface area contributed by atoms with E-state index in [2.05, 4.69) is 4.98 Å². The van der Waals surface area contributed by atoms with Gasteiger partial charge in [0.2, 0.25) is 0 Å². The molecule has 128 valence electrons. The van der Waals surface area contributed by atoms with E-state index in [1.54, 1.807) is 18.3 Å². The highest BCUT2D eigenvalue weighted by Crippen LogP contribution is 2.21. The van der Waals surface area contributed by atoms with E-state index in [9.17, 15) is 9.59 Å². The van der Waals surface area contributed by atoms with Gasteiger partial charge >= 0.3 is 0 Å². The molecule has 3 heterocycles. The van der Waals surface area contributed by atoms with E-state index < -0.39 is 5.91 Å². The van der Waals surface area contributed by atoms with Gasteiger partial charge in [0.25, 0.3) is 11.5 Å². The molecule has 2 N–H and O–H groups in total. The monoisotopic (exact) mass is 339 g/mol. The number of morpholine rings is 1. The molecule has 0 spiro atoms. The van der Waals surface area contributed by atoms with Crippen LogP contribution in [0.5, 0.6) is 0 Å². The van der Waals surface area contributed by atoms with Crippen LogP contribution >= 0.6 is 0 Å². The number of pyridine rings is 1. The van der Waals surface area contributed by atoms with Gasteiger partial charge in [-0.15, -0.1) is 0 Å². The lowest BCUT2D eigenvalue weighted by molar-refractivity contribution is -0.114. The summed E-state index contributed by atoms with van der Waals surface area (Å²) in [5, 5.41) is 9.13. The summed E-state index contributed by atoms with van der Waals surface area (Å²) < 4.78 is 6.75. The Labute approximate surface area is 143 Å². The van der Waals surface area contributed by atoms with Crippen molar-refractivity contribution in [2.45, 2.75) is 6.92 Å². The van der Waals surface area contributed by atoms with Crippen LogP contribution in [0, 0.1) is 18.3 Å². The number of rotatable bonds is 3. The number of nitrogens with two attached hydrogens (primary N) is 1. The van der Waals surface area contributed by atoms with Crippen LogP contribution in [0.1, 0.15) is 11.1 Å². The summed E-state index contributed by atoms with van der Waals surface area (Å²) in [5.74, 6) is -0.458. The molecule has 0 bridgehead atoms. The van der Waals surface area contributed by atoms with Crippen molar-refractivity contribution in [3.63, 3.8) is 0 Å². The summed E-state index contributed by atoms with van der Waals surface area (Å²) in [7, 11) is 0. The molecule has 0 aliphatic carbocycles.